The molecule has 0 saturated carbocycles. The van der Waals surface area contributed by atoms with Gasteiger partial charge in [-0.15, -0.1) is 11.3 Å². The second-order valence-corrected chi connectivity index (χ2v) is 18.4. The van der Waals surface area contributed by atoms with E-state index in [1.165, 1.54) is 57.9 Å². The minimum Gasteiger partial charge on any atom is -0.309 e. The van der Waals surface area contributed by atoms with E-state index in [1.54, 1.807) is 0 Å². The molecule has 6 aromatic carbocycles. The van der Waals surface area contributed by atoms with Crippen LogP contribution in [-0.2, 0) is 0 Å². The first-order chi connectivity index (χ1) is 23.1. The minimum absolute atomic E-state index is 0.773. The van der Waals surface area contributed by atoms with Gasteiger partial charge in [0.1, 0.15) is 8.07 Å². The van der Waals surface area contributed by atoms with Crippen molar-refractivity contribution >= 4 is 71.8 Å². The molecule has 1 aliphatic heterocycles. The Hall–Kier alpha value is -5.36. The molecule has 10 rings (SSSR count). The first-order valence-corrected chi connectivity index (χ1v) is 19.9. The lowest BCUT2D eigenvalue weighted by Gasteiger charge is -2.22. The fourth-order valence-corrected chi connectivity index (χ4v) is 12.2. The molecule has 47 heavy (non-hydrogen) atoms. The van der Waals surface area contributed by atoms with Gasteiger partial charge >= 0.3 is 0 Å². The summed E-state index contributed by atoms with van der Waals surface area (Å²) < 4.78 is 5.09. The summed E-state index contributed by atoms with van der Waals surface area (Å²) in [6.45, 7) is 4.89. The molecule has 4 heterocycles. The Bertz CT molecular complexity index is 2720. The Kier molecular flexibility index (Phi) is 5.60. The third-order valence-corrected chi connectivity index (χ3v) is 14.6. The van der Waals surface area contributed by atoms with Crippen molar-refractivity contribution in [2.75, 3.05) is 0 Å². The maximum atomic E-state index is 5.39. The third-order valence-electron chi connectivity index (χ3n) is 9.98. The van der Waals surface area contributed by atoms with E-state index in [0.29, 0.717) is 0 Å². The number of fused-ring (bicyclic) bond motifs is 10. The molecular formula is C42H29N3SSi. The average Bonchev–Trinajstić information content (AvgIpc) is 3.74. The third kappa shape index (κ3) is 3.78. The Morgan fingerprint density at radius 1 is 0.553 bits per heavy atom. The van der Waals surface area contributed by atoms with E-state index >= 15 is 0 Å². The summed E-state index contributed by atoms with van der Waals surface area (Å²) in [6.07, 6.45) is 0. The zero-order valence-electron chi connectivity index (χ0n) is 26.0. The molecular weight excluding hydrogens is 607 g/mol. The molecule has 0 fully saturated rings. The van der Waals surface area contributed by atoms with Crippen LogP contribution in [0.15, 0.2) is 140 Å². The van der Waals surface area contributed by atoms with E-state index in [4.69, 9.17) is 9.97 Å². The standard InChI is InChI=1S/C42H29N3SSi/c1-47(2)36-22-11-8-19-31(36)40-41(47)39(43-42(44-40)26-13-4-3-5-14-26)27-15-12-16-28(25-27)45-32-20-9-6-17-29(32)37-33(45)23-24-35-38(37)30-18-7-10-21-34(30)46-35/h3-25H,1-2H3. The maximum Gasteiger partial charge on any atom is 0.160 e. The molecule has 1 aliphatic rings. The summed E-state index contributed by atoms with van der Waals surface area (Å²) in [5.74, 6) is 0.773. The van der Waals surface area contributed by atoms with Gasteiger partial charge in [-0.3, -0.25) is 0 Å². The minimum atomic E-state index is -2.08. The quantitative estimate of drug-likeness (QED) is 0.181. The summed E-state index contributed by atoms with van der Waals surface area (Å²) in [7, 11) is -2.08. The number of rotatable bonds is 3. The molecule has 5 heteroatoms. The average molecular weight is 636 g/mol. The fourth-order valence-electron chi connectivity index (χ4n) is 7.89. The van der Waals surface area contributed by atoms with E-state index in [2.05, 4.69) is 151 Å². The van der Waals surface area contributed by atoms with E-state index in [9.17, 15) is 0 Å². The lowest BCUT2D eigenvalue weighted by Crippen LogP contribution is -2.50. The van der Waals surface area contributed by atoms with Gasteiger partial charge in [-0.2, -0.15) is 0 Å². The van der Waals surface area contributed by atoms with Crippen LogP contribution in [0.25, 0.3) is 81.6 Å². The van der Waals surface area contributed by atoms with Crippen molar-refractivity contribution < 1.29 is 0 Å². The van der Waals surface area contributed by atoms with Gasteiger partial charge in [0.2, 0.25) is 0 Å². The normalized spacial score (nSPS) is 13.5. The highest BCUT2D eigenvalue weighted by Gasteiger charge is 2.41. The topological polar surface area (TPSA) is 30.7 Å². The SMILES string of the molecule is C[Si]1(C)c2ccccc2-c2nc(-c3ccccc3)nc(-c3cccc(-n4c5ccccc5c5c6c(ccc54)sc4ccccc46)c3)c21. The number of thiophene rings is 1. The molecule has 0 N–H and O–H groups in total. The highest BCUT2D eigenvalue weighted by atomic mass is 32.1. The Morgan fingerprint density at radius 2 is 1.28 bits per heavy atom. The van der Waals surface area contributed by atoms with E-state index < -0.39 is 8.07 Å². The van der Waals surface area contributed by atoms with Crippen molar-refractivity contribution in [3.05, 3.63) is 140 Å². The Balaban J connectivity index is 1.26. The Labute approximate surface area is 277 Å². The molecule has 0 amide bonds. The molecule has 0 bridgehead atoms. The molecule has 0 radical (unpaired) electrons. The lowest BCUT2D eigenvalue weighted by molar-refractivity contribution is 1.17. The van der Waals surface area contributed by atoms with Gasteiger partial charge in [0.15, 0.2) is 5.82 Å². The van der Waals surface area contributed by atoms with E-state index in [0.717, 1.165) is 34.0 Å². The van der Waals surface area contributed by atoms with Crippen LogP contribution >= 0.6 is 11.3 Å². The van der Waals surface area contributed by atoms with Crippen LogP contribution in [-0.4, -0.2) is 22.6 Å². The van der Waals surface area contributed by atoms with Gasteiger partial charge in [-0.25, -0.2) is 9.97 Å². The lowest BCUT2D eigenvalue weighted by atomic mass is 10.1. The molecule has 0 spiro atoms. The van der Waals surface area contributed by atoms with Crippen molar-refractivity contribution in [1.29, 1.82) is 0 Å². The number of nitrogens with zero attached hydrogens (tertiary/aromatic N) is 3. The second-order valence-electron chi connectivity index (χ2n) is 13.0. The van der Waals surface area contributed by atoms with Gasteiger partial charge in [0, 0.05) is 47.8 Å². The van der Waals surface area contributed by atoms with Gasteiger partial charge in [-0.05, 0) is 52.3 Å². The van der Waals surface area contributed by atoms with Crippen LogP contribution in [0.1, 0.15) is 0 Å². The molecule has 0 aliphatic carbocycles. The first-order valence-electron chi connectivity index (χ1n) is 16.1. The molecule has 3 nitrogen and oxygen atoms in total. The monoisotopic (exact) mass is 635 g/mol. The first kappa shape index (κ1) is 26.8. The summed E-state index contributed by atoms with van der Waals surface area (Å²) in [5.41, 5.74) is 9.12. The molecule has 0 unspecified atom stereocenters. The molecule has 3 aromatic heterocycles. The van der Waals surface area contributed by atoms with Crippen molar-refractivity contribution in [3.8, 4) is 39.6 Å². The predicted molar refractivity (Wildman–Crippen MR) is 202 cm³/mol. The molecule has 9 aromatic rings. The van der Waals surface area contributed by atoms with Crippen LogP contribution < -0.4 is 10.4 Å². The van der Waals surface area contributed by atoms with Crippen LogP contribution in [0.4, 0.5) is 0 Å². The van der Waals surface area contributed by atoms with Gasteiger partial charge < -0.3 is 4.57 Å². The predicted octanol–water partition coefficient (Wildman–Crippen LogP) is 10.1. The Morgan fingerprint density at radius 3 is 2.17 bits per heavy atom. The smallest absolute Gasteiger partial charge is 0.160 e. The molecule has 222 valence electrons. The number of aromatic nitrogens is 3. The second kappa shape index (κ2) is 9.82. The number of hydrogen-bond donors (Lipinski definition) is 0. The van der Waals surface area contributed by atoms with E-state index in [1.807, 2.05) is 17.4 Å². The van der Waals surface area contributed by atoms with Crippen LogP contribution in [0.3, 0.4) is 0 Å². The summed E-state index contributed by atoms with van der Waals surface area (Å²) in [6, 6.07) is 50.5. The van der Waals surface area contributed by atoms with Crippen molar-refractivity contribution in [3.63, 3.8) is 0 Å². The van der Waals surface area contributed by atoms with Crippen molar-refractivity contribution in [2.24, 2.45) is 0 Å². The fraction of sp³-hybridized carbons (Fsp3) is 0.0476. The van der Waals surface area contributed by atoms with Crippen molar-refractivity contribution in [2.45, 2.75) is 13.1 Å². The zero-order valence-corrected chi connectivity index (χ0v) is 27.8. The zero-order chi connectivity index (χ0) is 31.3. The number of benzene rings is 6. The van der Waals surface area contributed by atoms with Gasteiger partial charge in [-0.1, -0.05) is 116 Å². The number of hydrogen-bond acceptors (Lipinski definition) is 3. The van der Waals surface area contributed by atoms with Crippen LogP contribution in [0.2, 0.25) is 13.1 Å². The van der Waals surface area contributed by atoms with Gasteiger partial charge in [0.25, 0.3) is 0 Å². The highest BCUT2D eigenvalue weighted by molar-refractivity contribution is 7.26. The highest BCUT2D eigenvalue weighted by Crippen LogP contribution is 2.43. The molecule has 0 saturated heterocycles. The van der Waals surface area contributed by atoms with Crippen LogP contribution in [0, 0.1) is 0 Å². The summed E-state index contributed by atoms with van der Waals surface area (Å²) in [4.78, 5) is 10.7. The van der Waals surface area contributed by atoms with Crippen molar-refractivity contribution in [1.82, 2.24) is 14.5 Å². The van der Waals surface area contributed by atoms with Crippen LogP contribution in [0.5, 0.6) is 0 Å². The molecule has 0 atom stereocenters. The largest absolute Gasteiger partial charge is 0.309 e. The maximum absolute atomic E-state index is 5.39. The number of para-hydroxylation sites is 1. The van der Waals surface area contributed by atoms with E-state index in [-0.39, 0.29) is 0 Å². The summed E-state index contributed by atoms with van der Waals surface area (Å²) in [5, 5.41) is 8.03. The van der Waals surface area contributed by atoms with Gasteiger partial charge in [0.05, 0.1) is 22.4 Å². The summed E-state index contributed by atoms with van der Waals surface area (Å²) >= 11 is 1.88.